The summed E-state index contributed by atoms with van der Waals surface area (Å²) in [5.41, 5.74) is 4.78. The molecule has 10 aromatic carbocycles. The Morgan fingerprint density at radius 2 is 0.681 bits per heavy atom. The Kier molecular flexibility index (Phi) is 5.97. The summed E-state index contributed by atoms with van der Waals surface area (Å²) in [4.78, 5) is 0. The second-order valence-corrected chi connectivity index (χ2v) is 18.0. The molecular formula is C62H34N6S. The Labute approximate surface area is 411 Å². The molecule has 0 aliphatic heterocycles. The summed E-state index contributed by atoms with van der Waals surface area (Å²) >= 11 is 0.948. The van der Waals surface area contributed by atoms with Crippen molar-refractivity contribution in [2.24, 2.45) is 0 Å². The third kappa shape index (κ3) is 4.91. The molecule has 7 heteroatoms. The van der Waals surface area contributed by atoms with Gasteiger partial charge in [0.2, 0.25) is 0 Å². The summed E-state index contributed by atoms with van der Waals surface area (Å²) in [6.45, 7) is 0. The standard InChI is InChI=1S/C62H34N6S/c63-35-47-57(65-49-25-9-1-17-37(49)38-18-2-10-26-50(38)65)58(66-51-27-11-3-19-39(51)40-20-4-12-28-52(40)66)48(36-64)60(59(47)67-53-29-13-5-21-41(53)42-22-6-14-30-54(42)67)68-55-31-15-7-23-43(55)45-33-34-46-44-24-8-16-32-56(44)69-62(46)61(45)68/h1-34H/i7D,8D,15D,16D,23D,24D,31D,32D,33D,34D. The fourth-order valence-electron chi connectivity index (χ4n) is 11.1. The number of hydrogen-bond acceptors (Lipinski definition) is 3. The van der Waals surface area contributed by atoms with Gasteiger partial charge in [-0.15, -0.1) is 11.3 Å². The number of rotatable bonds is 4. The fraction of sp³-hybridized carbons (Fsp3) is 0. The first-order valence-corrected chi connectivity index (χ1v) is 23.1. The van der Waals surface area contributed by atoms with Gasteiger partial charge in [0.1, 0.15) is 23.3 Å². The topological polar surface area (TPSA) is 67.3 Å². The minimum atomic E-state index is -0.617. The Hall–Kier alpha value is -9.40. The summed E-state index contributed by atoms with van der Waals surface area (Å²) in [6.07, 6.45) is 0. The summed E-state index contributed by atoms with van der Waals surface area (Å²) in [7, 11) is 0. The molecule has 5 aromatic heterocycles. The molecule has 0 saturated heterocycles. The van der Waals surface area contributed by atoms with Gasteiger partial charge in [0, 0.05) is 58.6 Å². The SMILES string of the molecule is [2H]c1c([2H])c([2H])c2c(sc3c2c([2H])c([2H])c2c4c([2H])c([2H])c([2H])c([2H])c4n(-c4c(C#N)c(-n5c6ccccc6c6ccccc65)c(-n5c6ccccc6c6ccccc65)c(C#N)c4-n4c5ccccc5c5ccccc54)c32)c1[2H]. The lowest BCUT2D eigenvalue weighted by Gasteiger charge is -2.27. The number of nitriles is 2. The first kappa shape index (κ1) is 29.3. The first-order chi connectivity index (χ1) is 38.4. The van der Waals surface area contributed by atoms with Crippen LogP contribution in [0, 0.1) is 22.7 Å². The Morgan fingerprint density at radius 1 is 0.333 bits per heavy atom. The van der Waals surface area contributed by atoms with Gasteiger partial charge >= 0.3 is 0 Å². The molecule has 318 valence electrons. The molecule has 0 saturated carbocycles. The minimum absolute atomic E-state index is 0.00344. The smallest absolute Gasteiger partial charge is 0.104 e. The number of fused-ring (bicyclic) bond motifs is 16. The molecule has 0 spiro atoms. The maximum Gasteiger partial charge on any atom is 0.104 e. The van der Waals surface area contributed by atoms with E-state index in [-0.39, 0.29) is 76.2 Å². The van der Waals surface area contributed by atoms with Crippen molar-refractivity contribution in [3.8, 4) is 34.9 Å². The Morgan fingerprint density at radius 3 is 1.10 bits per heavy atom. The number of thiophene rings is 1. The lowest BCUT2D eigenvalue weighted by molar-refractivity contribution is 1.03. The number of benzene rings is 10. The van der Waals surface area contributed by atoms with Crippen LogP contribution in [0.3, 0.4) is 0 Å². The van der Waals surface area contributed by atoms with Crippen LogP contribution in [0.25, 0.3) is 130 Å². The maximum atomic E-state index is 12.7. The van der Waals surface area contributed by atoms with Crippen LogP contribution in [-0.4, -0.2) is 18.3 Å². The molecule has 0 radical (unpaired) electrons. The van der Waals surface area contributed by atoms with Gasteiger partial charge in [0.25, 0.3) is 0 Å². The maximum absolute atomic E-state index is 12.7. The number of para-hydroxylation sites is 7. The molecule has 15 rings (SSSR count). The molecule has 0 aliphatic carbocycles. The van der Waals surface area contributed by atoms with E-state index in [4.69, 9.17) is 4.11 Å². The first-order valence-electron chi connectivity index (χ1n) is 27.3. The molecule has 69 heavy (non-hydrogen) atoms. The predicted octanol–water partition coefficient (Wildman–Crippen LogP) is 16.2. The number of hydrogen-bond donors (Lipinski definition) is 0. The number of aromatic nitrogens is 4. The number of nitrogens with zero attached hydrogens (tertiary/aromatic N) is 6. The lowest BCUT2D eigenvalue weighted by Crippen LogP contribution is -2.16. The van der Waals surface area contributed by atoms with Crippen LogP contribution in [0.5, 0.6) is 0 Å². The third-order valence-corrected chi connectivity index (χ3v) is 14.8. The summed E-state index contributed by atoms with van der Waals surface area (Å²) in [5.74, 6) is 0. The predicted molar refractivity (Wildman–Crippen MR) is 286 cm³/mol. The second kappa shape index (κ2) is 14.1. The van der Waals surface area contributed by atoms with Gasteiger partial charge in [-0.2, -0.15) is 10.5 Å². The molecule has 0 bridgehead atoms. The minimum Gasteiger partial charge on any atom is -0.306 e. The van der Waals surface area contributed by atoms with Gasteiger partial charge in [-0.3, -0.25) is 0 Å². The van der Waals surface area contributed by atoms with Gasteiger partial charge in [0.15, 0.2) is 0 Å². The molecule has 15 aromatic rings. The summed E-state index contributed by atoms with van der Waals surface area (Å²) in [5, 5.41) is 30.3. The molecule has 0 atom stereocenters. The highest BCUT2D eigenvalue weighted by molar-refractivity contribution is 7.26. The van der Waals surface area contributed by atoms with Gasteiger partial charge < -0.3 is 18.3 Å². The van der Waals surface area contributed by atoms with Crippen molar-refractivity contribution in [2.75, 3.05) is 0 Å². The highest BCUT2D eigenvalue weighted by Crippen LogP contribution is 2.50. The molecule has 0 unspecified atom stereocenters. The monoisotopic (exact) mass is 904 g/mol. The zero-order chi connectivity index (χ0) is 54.2. The van der Waals surface area contributed by atoms with Gasteiger partial charge in [-0.05, 0) is 48.5 Å². The van der Waals surface area contributed by atoms with Gasteiger partial charge in [-0.25, -0.2) is 0 Å². The molecular weight excluding hydrogens is 861 g/mol. The average molecular weight is 905 g/mol. The molecule has 6 nitrogen and oxygen atoms in total. The van der Waals surface area contributed by atoms with E-state index in [0.29, 0.717) is 27.8 Å². The van der Waals surface area contributed by atoms with E-state index >= 15 is 0 Å². The van der Waals surface area contributed by atoms with Gasteiger partial charge in [0.05, 0.1) is 85.3 Å². The zero-order valence-corrected chi connectivity index (χ0v) is 36.8. The van der Waals surface area contributed by atoms with Crippen molar-refractivity contribution in [1.82, 2.24) is 18.3 Å². The van der Waals surface area contributed by atoms with Crippen LogP contribution in [-0.2, 0) is 0 Å². The van der Waals surface area contributed by atoms with Crippen LogP contribution < -0.4 is 0 Å². The van der Waals surface area contributed by atoms with Crippen molar-refractivity contribution in [2.45, 2.75) is 0 Å². The fourth-order valence-corrected chi connectivity index (χ4v) is 12.2. The summed E-state index contributed by atoms with van der Waals surface area (Å²) < 4.78 is 102. The van der Waals surface area contributed by atoms with Crippen molar-refractivity contribution >= 4 is 119 Å². The largest absolute Gasteiger partial charge is 0.306 e. The van der Waals surface area contributed by atoms with E-state index in [1.807, 2.05) is 159 Å². The van der Waals surface area contributed by atoms with E-state index in [0.717, 1.165) is 54.7 Å². The quantitative estimate of drug-likeness (QED) is 0.177. The van der Waals surface area contributed by atoms with Crippen LogP contribution in [0.15, 0.2) is 206 Å². The Bertz CT molecular complexity index is 5280. The van der Waals surface area contributed by atoms with E-state index in [1.54, 1.807) is 4.57 Å². The average Bonchev–Trinajstić information content (AvgIpc) is 4.09. The Balaban J connectivity index is 1.33. The molecule has 0 fully saturated rings. The van der Waals surface area contributed by atoms with E-state index in [9.17, 15) is 20.1 Å². The summed E-state index contributed by atoms with van der Waals surface area (Å²) in [6, 6.07) is 47.2. The van der Waals surface area contributed by atoms with E-state index in [2.05, 4.69) is 12.1 Å². The zero-order valence-electron chi connectivity index (χ0n) is 45.9. The van der Waals surface area contributed by atoms with Crippen LogP contribution in [0.2, 0.25) is 0 Å². The second-order valence-electron chi connectivity index (χ2n) is 17.0. The van der Waals surface area contributed by atoms with Crippen molar-refractivity contribution < 1.29 is 13.7 Å². The molecule has 0 aliphatic rings. The normalized spacial score (nSPS) is 14.1. The van der Waals surface area contributed by atoms with E-state index < -0.39 is 54.4 Å². The molecule has 5 heterocycles. The van der Waals surface area contributed by atoms with Crippen LogP contribution in [0.1, 0.15) is 24.8 Å². The van der Waals surface area contributed by atoms with Crippen LogP contribution in [0.4, 0.5) is 0 Å². The third-order valence-electron chi connectivity index (χ3n) is 13.7. The molecule has 0 amide bonds. The van der Waals surface area contributed by atoms with Crippen LogP contribution >= 0.6 is 11.3 Å². The highest BCUT2D eigenvalue weighted by atomic mass is 32.1. The van der Waals surface area contributed by atoms with Crippen molar-refractivity contribution in [3.05, 3.63) is 217 Å². The van der Waals surface area contributed by atoms with Gasteiger partial charge in [-0.1, -0.05) is 158 Å². The highest BCUT2D eigenvalue weighted by Gasteiger charge is 2.35. The lowest BCUT2D eigenvalue weighted by atomic mass is 9.98. The van der Waals surface area contributed by atoms with Crippen molar-refractivity contribution in [3.63, 3.8) is 0 Å². The molecule has 0 N–H and O–H groups in total. The van der Waals surface area contributed by atoms with E-state index in [1.165, 1.54) is 0 Å². The van der Waals surface area contributed by atoms with Crippen molar-refractivity contribution in [1.29, 1.82) is 10.5 Å².